The minimum absolute atomic E-state index is 0.0453. The van der Waals surface area contributed by atoms with Crippen LogP contribution in [-0.2, 0) is 12.8 Å². The van der Waals surface area contributed by atoms with Crippen LogP contribution in [0.3, 0.4) is 0 Å². The highest BCUT2D eigenvalue weighted by molar-refractivity contribution is 5.82. The maximum Gasteiger partial charge on any atom is 0.359 e. The predicted octanol–water partition coefficient (Wildman–Crippen LogP) is 3.94. The molecule has 5 rings (SSSR count). The summed E-state index contributed by atoms with van der Waals surface area (Å²) in [6.07, 6.45) is 3.68. The van der Waals surface area contributed by atoms with Gasteiger partial charge in [0.05, 0.1) is 17.6 Å². The number of anilines is 1. The van der Waals surface area contributed by atoms with Gasteiger partial charge in [-0.2, -0.15) is 8.96 Å². The number of halogens is 1. The number of hydrogen-bond donors (Lipinski definition) is 1. The minimum atomic E-state index is -0.994. The van der Waals surface area contributed by atoms with E-state index >= 15 is 0 Å². The van der Waals surface area contributed by atoms with Crippen molar-refractivity contribution in [1.82, 2.24) is 4.98 Å². The first-order valence-electron chi connectivity index (χ1n) is 10.3. The fourth-order valence-corrected chi connectivity index (χ4v) is 3.94. The number of rotatable bonds is 6. The molecule has 0 bridgehead atoms. The number of carbonyl (C=O) groups excluding carboxylic acids is 1. The number of hydrogen-bond acceptors (Lipinski definition) is 6. The Morgan fingerprint density at radius 1 is 1.12 bits per heavy atom. The third kappa shape index (κ3) is 3.84. The fraction of sp³-hybridized carbons (Fsp3) is 0.125. The van der Waals surface area contributed by atoms with Gasteiger partial charge in [0.1, 0.15) is 23.3 Å². The second kappa shape index (κ2) is 8.27. The molecule has 1 aliphatic heterocycles. The molecule has 1 N–H and O–H groups in total. The van der Waals surface area contributed by atoms with E-state index in [0.29, 0.717) is 30.1 Å². The third-order valence-electron chi connectivity index (χ3n) is 5.52. The molecule has 8 nitrogen and oxygen atoms in total. The van der Waals surface area contributed by atoms with Gasteiger partial charge in [-0.05, 0) is 23.8 Å². The summed E-state index contributed by atoms with van der Waals surface area (Å²) >= 11 is 0. The van der Waals surface area contributed by atoms with Gasteiger partial charge in [-0.15, -0.1) is 0 Å². The molecule has 9 heteroatoms. The molecule has 0 fully saturated rings. The van der Waals surface area contributed by atoms with Crippen molar-refractivity contribution < 1.29 is 23.1 Å². The van der Waals surface area contributed by atoms with E-state index in [1.807, 2.05) is 30.3 Å². The van der Waals surface area contributed by atoms with Crippen LogP contribution in [0.15, 0.2) is 77.5 Å². The minimum Gasteiger partial charge on any atom is -0.469 e. The summed E-state index contributed by atoms with van der Waals surface area (Å²) in [5.41, 5.74) is 0.924. The second-order valence-electron chi connectivity index (χ2n) is 7.67. The lowest BCUT2D eigenvalue weighted by Gasteiger charge is -2.08. The first kappa shape index (κ1) is 20.5. The Labute approximate surface area is 187 Å². The van der Waals surface area contributed by atoms with Crippen LogP contribution in [-0.4, -0.2) is 21.9 Å². The van der Waals surface area contributed by atoms with Crippen LogP contribution in [0.4, 0.5) is 15.9 Å². The second-order valence-corrected chi connectivity index (χ2v) is 7.67. The van der Waals surface area contributed by atoms with Crippen LogP contribution in [0.5, 0.6) is 0 Å². The number of fused-ring (bicyclic) bond motifs is 1. The Kier molecular flexibility index (Phi) is 5.14. The molecule has 1 atom stereocenters. The van der Waals surface area contributed by atoms with Crippen molar-refractivity contribution in [3.8, 4) is 11.3 Å². The first-order chi connectivity index (χ1) is 16.0. The summed E-state index contributed by atoms with van der Waals surface area (Å²) in [4.78, 5) is 28.2. The Hall–Kier alpha value is -4.40. The molecular formula is C24H18FN4O4+. The molecule has 0 aliphatic carbocycles. The molecule has 0 saturated heterocycles. The maximum absolute atomic E-state index is 14.9. The number of nitrogens with zero attached hydrogens (tertiary/aromatic N) is 3. The predicted molar refractivity (Wildman–Crippen MR) is 116 cm³/mol. The van der Waals surface area contributed by atoms with Crippen molar-refractivity contribution in [3.63, 3.8) is 0 Å². The monoisotopic (exact) mass is 445 g/mol. The van der Waals surface area contributed by atoms with E-state index < -0.39 is 22.5 Å². The standard InChI is InChI=1S/C24H17FN4O4/c25-22-17(9-4-10-21(22)29(31)32)20-14-28-23(18(26-20)12-15-6-2-1-3-7-15)27-19(24(28)30)13-16-8-5-11-33-16/h1-11,14,19H,12-13H2/p+1. The highest BCUT2D eigenvalue weighted by Gasteiger charge is 2.41. The molecule has 1 unspecified atom stereocenters. The van der Waals surface area contributed by atoms with Gasteiger partial charge >= 0.3 is 17.4 Å². The number of nitrogens with one attached hydrogen (secondary N) is 1. The number of nitro groups is 1. The normalized spacial score (nSPS) is 14.7. The Bertz CT molecular complexity index is 1360. The molecule has 2 aromatic carbocycles. The number of aromatic nitrogens is 2. The molecule has 0 saturated carbocycles. The van der Waals surface area contributed by atoms with Crippen molar-refractivity contribution >= 4 is 17.4 Å². The summed E-state index contributed by atoms with van der Waals surface area (Å²) in [5, 5.41) is 14.4. The summed E-state index contributed by atoms with van der Waals surface area (Å²) in [6, 6.07) is 16.4. The van der Waals surface area contributed by atoms with Gasteiger partial charge < -0.3 is 4.42 Å². The van der Waals surface area contributed by atoms with E-state index in [1.165, 1.54) is 22.9 Å². The summed E-state index contributed by atoms with van der Waals surface area (Å²) < 4.78 is 21.7. The zero-order valence-corrected chi connectivity index (χ0v) is 17.3. The summed E-state index contributed by atoms with van der Waals surface area (Å²) in [6.45, 7) is 0. The van der Waals surface area contributed by atoms with Crippen LogP contribution in [0.2, 0.25) is 0 Å². The highest BCUT2D eigenvalue weighted by atomic mass is 19.1. The Morgan fingerprint density at radius 3 is 2.67 bits per heavy atom. The number of furan rings is 1. The van der Waals surface area contributed by atoms with E-state index in [0.717, 1.165) is 11.6 Å². The highest BCUT2D eigenvalue weighted by Crippen LogP contribution is 2.30. The first-order valence-corrected chi connectivity index (χ1v) is 10.3. The quantitative estimate of drug-likeness (QED) is 0.274. The Balaban J connectivity index is 1.61. The van der Waals surface area contributed by atoms with Crippen LogP contribution < -0.4 is 9.88 Å². The average molecular weight is 445 g/mol. The molecule has 4 aromatic rings. The maximum atomic E-state index is 14.9. The van der Waals surface area contributed by atoms with Crippen LogP contribution in [0.25, 0.3) is 11.3 Å². The largest absolute Gasteiger partial charge is 0.469 e. The van der Waals surface area contributed by atoms with Crippen molar-refractivity contribution in [2.75, 3.05) is 5.32 Å². The lowest BCUT2D eigenvalue weighted by molar-refractivity contribution is -0.552. The molecule has 0 amide bonds. The molecule has 0 spiro atoms. The van der Waals surface area contributed by atoms with E-state index in [-0.39, 0.29) is 17.2 Å². The SMILES string of the molecule is O=C1C(Cc2ccco2)Nc2c(Cc3ccccc3)nc(-c3cccc([N+](=O)[O-])c3F)c[n+]21. The van der Waals surface area contributed by atoms with Gasteiger partial charge in [-0.25, -0.2) is 9.78 Å². The lowest BCUT2D eigenvalue weighted by atomic mass is 10.1. The van der Waals surface area contributed by atoms with Crippen molar-refractivity contribution in [2.45, 2.75) is 18.9 Å². The molecule has 164 valence electrons. The smallest absolute Gasteiger partial charge is 0.359 e. The van der Waals surface area contributed by atoms with Crippen molar-refractivity contribution in [3.05, 3.63) is 106 Å². The van der Waals surface area contributed by atoms with Gasteiger partial charge in [-0.1, -0.05) is 36.4 Å². The van der Waals surface area contributed by atoms with E-state index in [2.05, 4.69) is 10.3 Å². The zero-order valence-electron chi connectivity index (χ0n) is 17.3. The van der Waals surface area contributed by atoms with Crippen molar-refractivity contribution in [1.29, 1.82) is 0 Å². The molecular weight excluding hydrogens is 427 g/mol. The van der Waals surface area contributed by atoms with Crippen LogP contribution >= 0.6 is 0 Å². The van der Waals surface area contributed by atoms with Gasteiger partial charge in [-0.3, -0.25) is 15.4 Å². The number of nitro benzene ring substituents is 1. The molecule has 1 aliphatic rings. The van der Waals surface area contributed by atoms with E-state index in [4.69, 9.17) is 4.42 Å². The van der Waals surface area contributed by atoms with Gasteiger partial charge in [0.25, 0.3) is 0 Å². The summed E-state index contributed by atoms with van der Waals surface area (Å²) in [7, 11) is 0. The van der Waals surface area contributed by atoms with Gasteiger partial charge in [0.2, 0.25) is 11.9 Å². The fourth-order valence-electron chi connectivity index (χ4n) is 3.94. The van der Waals surface area contributed by atoms with Gasteiger partial charge in [0.15, 0.2) is 0 Å². The number of benzene rings is 2. The summed E-state index contributed by atoms with van der Waals surface area (Å²) in [5.74, 6) is -0.0799. The molecule has 2 aromatic heterocycles. The van der Waals surface area contributed by atoms with E-state index in [9.17, 15) is 19.3 Å². The van der Waals surface area contributed by atoms with E-state index in [1.54, 1.807) is 18.4 Å². The molecule has 33 heavy (non-hydrogen) atoms. The number of carbonyl (C=O) groups is 1. The Morgan fingerprint density at radius 2 is 1.94 bits per heavy atom. The topological polar surface area (TPSA) is 102 Å². The lowest BCUT2D eigenvalue weighted by Crippen LogP contribution is -2.44. The van der Waals surface area contributed by atoms with Crippen LogP contribution in [0, 0.1) is 15.9 Å². The molecule has 3 heterocycles. The van der Waals surface area contributed by atoms with Crippen LogP contribution in [0.1, 0.15) is 21.8 Å². The van der Waals surface area contributed by atoms with Gasteiger partial charge in [0, 0.05) is 18.1 Å². The third-order valence-corrected chi connectivity index (χ3v) is 5.52. The van der Waals surface area contributed by atoms with Crippen molar-refractivity contribution in [2.24, 2.45) is 0 Å². The zero-order chi connectivity index (χ0) is 22.9. The average Bonchev–Trinajstić information content (AvgIpc) is 3.43. The molecule has 0 radical (unpaired) electrons.